The molecule has 0 heterocycles. The molecule has 1 unspecified atom stereocenters. The highest BCUT2D eigenvalue weighted by molar-refractivity contribution is 7.89. The van der Waals surface area contributed by atoms with Gasteiger partial charge in [0.05, 0.1) is 4.90 Å². The van der Waals surface area contributed by atoms with Crippen molar-refractivity contribution in [3.63, 3.8) is 0 Å². The number of rotatable bonds is 7. The summed E-state index contributed by atoms with van der Waals surface area (Å²) in [5.41, 5.74) is 0.962. The Labute approximate surface area is 110 Å². The van der Waals surface area contributed by atoms with Gasteiger partial charge >= 0.3 is 0 Å². The second-order valence-electron chi connectivity index (χ2n) is 4.54. The highest BCUT2D eigenvalue weighted by Crippen LogP contribution is 2.12. The average Bonchev–Trinajstić information content (AvgIpc) is 2.37. The number of benzene rings is 1. The number of sulfonamides is 1. The zero-order chi connectivity index (χ0) is 13.6. The lowest BCUT2D eigenvalue weighted by atomic mass is 10.1. The van der Waals surface area contributed by atoms with E-state index in [4.69, 9.17) is 0 Å². The molecule has 0 radical (unpaired) electrons. The first-order chi connectivity index (χ1) is 8.49. The second-order valence-corrected chi connectivity index (χ2v) is 6.31. The molecule has 4 nitrogen and oxygen atoms in total. The van der Waals surface area contributed by atoms with Crippen molar-refractivity contribution in [1.29, 1.82) is 0 Å². The van der Waals surface area contributed by atoms with Gasteiger partial charge in [0.25, 0.3) is 0 Å². The summed E-state index contributed by atoms with van der Waals surface area (Å²) in [5, 5.41) is 3.01. The summed E-state index contributed by atoms with van der Waals surface area (Å²) in [7, 11) is -1.55. The molecule has 1 rings (SSSR count). The van der Waals surface area contributed by atoms with Gasteiger partial charge in [-0.3, -0.25) is 0 Å². The zero-order valence-corrected chi connectivity index (χ0v) is 12.0. The Bertz CT molecular complexity index is 472. The number of hydrogen-bond acceptors (Lipinski definition) is 3. The van der Waals surface area contributed by atoms with Crippen molar-refractivity contribution in [2.24, 2.45) is 5.92 Å². The highest BCUT2D eigenvalue weighted by Gasteiger charge is 2.14. The van der Waals surface area contributed by atoms with Gasteiger partial charge in [0, 0.05) is 13.1 Å². The summed E-state index contributed by atoms with van der Waals surface area (Å²) in [4.78, 5) is 0.332. The highest BCUT2D eigenvalue weighted by atomic mass is 32.2. The largest absolute Gasteiger partial charge is 0.316 e. The smallest absolute Gasteiger partial charge is 0.240 e. The van der Waals surface area contributed by atoms with Crippen molar-refractivity contribution in [3.8, 4) is 0 Å². The van der Waals surface area contributed by atoms with Crippen LogP contribution in [0.1, 0.15) is 25.8 Å². The third kappa shape index (κ3) is 4.40. The molecule has 2 N–H and O–H groups in total. The van der Waals surface area contributed by atoms with Crippen molar-refractivity contribution in [2.45, 2.75) is 31.7 Å². The zero-order valence-electron chi connectivity index (χ0n) is 11.2. The lowest BCUT2D eigenvalue weighted by Crippen LogP contribution is -2.28. The van der Waals surface area contributed by atoms with Crippen molar-refractivity contribution < 1.29 is 8.42 Å². The Morgan fingerprint density at radius 2 is 2.06 bits per heavy atom. The Kier molecular flexibility index (Phi) is 5.78. The van der Waals surface area contributed by atoms with Crippen LogP contribution in [0.25, 0.3) is 0 Å². The van der Waals surface area contributed by atoms with Gasteiger partial charge in [0.15, 0.2) is 0 Å². The molecule has 0 aliphatic heterocycles. The summed E-state index contributed by atoms with van der Waals surface area (Å²) in [6.45, 7) is 5.22. The average molecular weight is 270 g/mol. The first-order valence-electron chi connectivity index (χ1n) is 6.22. The van der Waals surface area contributed by atoms with E-state index in [2.05, 4.69) is 10.0 Å². The van der Waals surface area contributed by atoms with Crippen LogP contribution >= 0.6 is 0 Å². The maximum absolute atomic E-state index is 12.1. The fourth-order valence-electron chi connectivity index (χ4n) is 1.51. The fourth-order valence-corrected chi connectivity index (χ4v) is 2.74. The molecule has 0 bridgehead atoms. The third-order valence-electron chi connectivity index (χ3n) is 2.91. The third-order valence-corrected chi connectivity index (χ3v) is 4.33. The molecule has 0 amide bonds. The van der Waals surface area contributed by atoms with E-state index in [0.717, 1.165) is 12.0 Å². The Morgan fingerprint density at radius 3 is 2.67 bits per heavy atom. The monoisotopic (exact) mass is 270 g/mol. The van der Waals surface area contributed by atoms with Gasteiger partial charge in [0.1, 0.15) is 0 Å². The van der Waals surface area contributed by atoms with Crippen LogP contribution < -0.4 is 10.0 Å². The Hall–Kier alpha value is -0.910. The van der Waals surface area contributed by atoms with Crippen molar-refractivity contribution in [3.05, 3.63) is 29.8 Å². The van der Waals surface area contributed by atoms with Crippen LogP contribution in [0.2, 0.25) is 0 Å². The van der Waals surface area contributed by atoms with Gasteiger partial charge in [-0.25, -0.2) is 13.1 Å². The van der Waals surface area contributed by atoms with Gasteiger partial charge in [-0.05, 0) is 30.7 Å². The molecule has 5 heteroatoms. The van der Waals surface area contributed by atoms with Crippen molar-refractivity contribution in [1.82, 2.24) is 10.0 Å². The summed E-state index contributed by atoms with van der Waals surface area (Å²) in [6, 6.07) is 7.00. The normalized spacial score (nSPS) is 13.5. The van der Waals surface area contributed by atoms with E-state index >= 15 is 0 Å². The SMILES string of the molecule is CCC(C)CNS(=O)(=O)c1cccc(CNC)c1. The molecular weight excluding hydrogens is 248 g/mol. The molecular formula is C13H22N2O2S. The maximum Gasteiger partial charge on any atom is 0.240 e. The van der Waals surface area contributed by atoms with E-state index in [1.54, 1.807) is 18.2 Å². The van der Waals surface area contributed by atoms with E-state index in [0.29, 0.717) is 23.9 Å². The minimum absolute atomic E-state index is 0.332. The quantitative estimate of drug-likeness (QED) is 0.793. The molecule has 1 atom stereocenters. The molecule has 1 aromatic carbocycles. The van der Waals surface area contributed by atoms with E-state index < -0.39 is 10.0 Å². The minimum atomic E-state index is -3.38. The fraction of sp³-hybridized carbons (Fsp3) is 0.538. The van der Waals surface area contributed by atoms with Crippen LogP contribution in [0.3, 0.4) is 0 Å². The van der Waals surface area contributed by atoms with Gasteiger partial charge < -0.3 is 5.32 Å². The second kappa shape index (κ2) is 6.87. The first-order valence-corrected chi connectivity index (χ1v) is 7.71. The van der Waals surface area contributed by atoms with Crippen molar-refractivity contribution in [2.75, 3.05) is 13.6 Å². The molecule has 0 aromatic heterocycles. The van der Waals surface area contributed by atoms with Crippen molar-refractivity contribution >= 4 is 10.0 Å². The molecule has 18 heavy (non-hydrogen) atoms. The maximum atomic E-state index is 12.1. The molecule has 0 saturated heterocycles. The Morgan fingerprint density at radius 1 is 1.33 bits per heavy atom. The molecule has 1 aromatic rings. The van der Waals surface area contributed by atoms with Crippen LogP contribution in [-0.4, -0.2) is 22.0 Å². The lowest BCUT2D eigenvalue weighted by molar-refractivity contribution is 0.528. The van der Waals surface area contributed by atoms with E-state index in [1.165, 1.54) is 0 Å². The van der Waals surface area contributed by atoms with Crippen LogP contribution in [0, 0.1) is 5.92 Å². The molecule has 0 aliphatic carbocycles. The minimum Gasteiger partial charge on any atom is -0.316 e. The Balaban J connectivity index is 2.81. The molecule has 0 saturated carbocycles. The molecule has 0 spiro atoms. The van der Waals surface area contributed by atoms with Crippen LogP contribution in [0.4, 0.5) is 0 Å². The standard InChI is InChI=1S/C13H22N2O2S/c1-4-11(2)9-15-18(16,17)13-7-5-6-12(8-13)10-14-3/h5-8,11,14-15H,4,9-10H2,1-3H3. The van der Waals surface area contributed by atoms with Crippen LogP contribution in [0.15, 0.2) is 29.2 Å². The number of nitrogens with one attached hydrogen (secondary N) is 2. The molecule has 0 aliphatic rings. The summed E-state index contributed by atoms with van der Waals surface area (Å²) >= 11 is 0. The van der Waals surface area contributed by atoms with Crippen LogP contribution in [-0.2, 0) is 16.6 Å². The molecule has 102 valence electrons. The van der Waals surface area contributed by atoms with Gasteiger partial charge in [-0.15, -0.1) is 0 Å². The van der Waals surface area contributed by atoms with Gasteiger partial charge in [-0.1, -0.05) is 32.4 Å². The summed E-state index contributed by atoms with van der Waals surface area (Å²) in [6.07, 6.45) is 0.961. The predicted octanol–water partition coefficient (Wildman–Crippen LogP) is 1.73. The number of hydrogen-bond donors (Lipinski definition) is 2. The van der Waals surface area contributed by atoms with Crippen LogP contribution in [0.5, 0.6) is 0 Å². The summed E-state index contributed by atoms with van der Waals surface area (Å²) < 4.78 is 26.8. The van der Waals surface area contributed by atoms with E-state index in [-0.39, 0.29) is 0 Å². The van der Waals surface area contributed by atoms with E-state index in [9.17, 15) is 8.42 Å². The predicted molar refractivity (Wildman–Crippen MR) is 73.8 cm³/mol. The van der Waals surface area contributed by atoms with Gasteiger partial charge in [0.2, 0.25) is 10.0 Å². The lowest BCUT2D eigenvalue weighted by Gasteiger charge is -2.11. The first kappa shape index (κ1) is 15.1. The summed E-state index contributed by atoms with van der Waals surface area (Å²) in [5.74, 6) is 0.347. The topological polar surface area (TPSA) is 58.2 Å². The van der Waals surface area contributed by atoms with E-state index in [1.807, 2.05) is 27.0 Å². The van der Waals surface area contributed by atoms with Gasteiger partial charge in [-0.2, -0.15) is 0 Å². The molecule has 0 fully saturated rings.